The third-order valence-electron chi connectivity index (χ3n) is 5.13. The quantitative estimate of drug-likeness (QED) is 0.608. The van der Waals surface area contributed by atoms with Gasteiger partial charge in [-0.05, 0) is 45.4 Å². The van der Waals surface area contributed by atoms with Gasteiger partial charge in [0.1, 0.15) is 23.6 Å². The molecule has 0 unspecified atom stereocenters. The second-order valence-corrected chi connectivity index (χ2v) is 7.22. The van der Waals surface area contributed by atoms with Crippen molar-refractivity contribution in [1.82, 2.24) is 19.3 Å². The molecule has 0 spiro atoms. The fourth-order valence-corrected chi connectivity index (χ4v) is 3.75. The monoisotopic (exact) mass is 408 g/mol. The maximum Gasteiger partial charge on any atom is 0.276 e. The molecule has 0 aliphatic carbocycles. The van der Waals surface area contributed by atoms with Gasteiger partial charge in [-0.3, -0.25) is 24.2 Å². The molecule has 156 valence electrons. The van der Waals surface area contributed by atoms with E-state index in [1.807, 2.05) is 37.5 Å². The van der Waals surface area contributed by atoms with E-state index in [0.29, 0.717) is 48.0 Å². The average Bonchev–Trinajstić information content (AvgIpc) is 3.28. The van der Waals surface area contributed by atoms with Crippen LogP contribution in [0.1, 0.15) is 52.9 Å². The topological polar surface area (TPSA) is 117 Å². The van der Waals surface area contributed by atoms with Crippen molar-refractivity contribution in [3.63, 3.8) is 0 Å². The number of ether oxygens (including phenoxy) is 1. The lowest BCUT2D eigenvalue weighted by atomic mass is 10.1. The second kappa shape index (κ2) is 7.66. The summed E-state index contributed by atoms with van der Waals surface area (Å²) in [6.07, 6.45) is 4.73. The lowest BCUT2D eigenvalue weighted by Crippen LogP contribution is -2.26. The van der Waals surface area contributed by atoms with Crippen molar-refractivity contribution in [2.75, 3.05) is 11.9 Å². The molecule has 0 saturated carbocycles. The number of benzene rings is 1. The number of allylic oxidation sites excluding steroid dienone is 2. The van der Waals surface area contributed by atoms with E-state index in [-0.39, 0.29) is 11.9 Å². The van der Waals surface area contributed by atoms with Gasteiger partial charge >= 0.3 is 0 Å². The summed E-state index contributed by atoms with van der Waals surface area (Å²) in [5.74, 6) is 0.0739. The summed E-state index contributed by atoms with van der Waals surface area (Å²) in [4.78, 5) is 29.3. The molecule has 1 aromatic carbocycles. The number of nitrogens with two attached hydrogens (primary N) is 1. The van der Waals surface area contributed by atoms with Crippen LogP contribution in [0.5, 0.6) is 5.75 Å². The minimum Gasteiger partial charge on any atom is -0.489 e. The Hall–Kier alpha value is -3.62. The van der Waals surface area contributed by atoms with Gasteiger partial charge in [0.15, 0.2) is 0 Å². The Labute approximate surface area is 173 Å². The van der Waals surface area contributed by atoms with E-state index >= 15 is 0 Å². The minimum atomic E-state index is -0.560. The Morgan fingerprint density at radius 1 is 1.37 bits per heavy atom. The third-order valence-corrected chi connectivity index (χ3v) is 5.13. The van der Waals surface area contributed by atoms with Gasteiger partial charge in [0.05, 0.1) is 17.3 Å². The van der Waals surface area contributed by atoms with E-state index in [4.69, 9.17) is 10.5 Å². The maximum atomic E-state index is 13.0. The molecule has 9 heteroatoms. The van der Waals surface area contributed by atoms with Gasteiger partial charge < -0.3 is 10.5 Å². The molecule has 0 fully saturated rings. The van der Waals surface area contributed by atoms with Crippen LogP contribution in [0.25, 0.3) is 11.0 Å². The van der Waals surface area contributed by atoms with E-state index in [9.17, 15) is 9.59 Å². The predicted molar refractivity (Wildman–Crippen MR) is 113 cm³/mol. The van der Waals surface area contributed by atoms with Crippen LogP contribution < -0.4 is 15.8 Å². The summed E-state index contributed by atoms with van der Waals surface area (Å²) < 4.78 is 9.53. The summed E-state index contributed by atoms with van der Waals surface area (Å²) in [5, 5.41) is 7.26. The Balaban J connectivity index is 1.82. The van der Waals surface area contributed by atoms with Crippen LogP contribution in [-0.2, 0) is 6.54 Å². The molecule has 9 nitrogen and oxygen atoms in total. The molecular formula is C21H24N6O3. The number of imidazole rings is 1. The van der Waals surface area contributed by atoms with Crippen LogP contribution in [0.4, 0.5) is 5.95 Å². The lowest BCUT2D eigenvalue weighted by Gasteiger charge is -2.26. The molecule has 2 aromatic heterocycles. The summed E-state index contributed by atoms with van der Waals surface area (Å²) in [6, 6.07) is 4.94. The van der Waals surface area contributed by atoms with Crippen molar-refractivity contribution in [1.29, 1.82) is 0 Å². The molecule has 0 saturated heterocycles. The smallest absolute Gasteiger partial charge is 0.276 e. The molecule has 3 heterocycles. The van der Waals surface area contributed by atoms with E-state index in [1.165, 1.54) is 0 Å². The highest BCUT2D eigenvalue weighted by atomic mass is 16.5. The fraction of sp³-hybridized carbons (Fsp3) is 0.333. The van der Waals surface area contributed by atoms with E-state index in [2.05, 4.69) is 15.4 Å². The number of aryl methyl sites for hydroxylation is 2. The van der Waals surface area contributed by atoms with Crippen LogP contribution in [0.2, 0.25) is 0 Å². The number of nitrogens with zero attached hydrogens (tertiary/aromatic N) is 4. The molecule has 4 rings (SSSR count). The van der Waals surface area contributed by atoms with Crippen molar-refractivity contribution < 1.29 is 14.3 Å². The number of rotatable bonds is 6. The standard InChI is InChI=1S/C21H24N6O3/c1-4-6-7-14-11-30-17-10-13(19(22)28)9-15-18(17)27(14)21(23-15)24-20(29)16-8-12(3)25-26(16)5-2/h4,6,8-10,14H,5,7,11H2,1-3H3,(H2,22,28)(H,23,24,29)/b6-4+/t14-/m1/s1. The number of primary amides is 1. The van der Waals surface area contributed by atoms with Crippen molar-refractivity contribution in [2.24, 2.45) is 5.73 Å². The van der Waals surface area contributed by atoms with Gasteiger partial charge in [0.25, 0.3) is 5.91 Å². The number of nitrogens with one attached hydrogen (secondary N) is 1. The van der Waals surface area contributed by atoms with Crippen molar-refractivity contribution >= 4 is 28.8 Å². The molecule has 1 aliphatic heterocycles. The first kappa shape index (κ1) is 19.7. The normalized spacial score (nSPS) is 15.5. The van der Waals surface area contributed by atoms with Gasteiger partial charge in [-0.15, -0.1) is 0 Å². The van der Waals surface area contributed by atoms with Crippen molar-refractivity contribution in [3.05, 3.63) is 47.3 Å². The highest BCUT2D eigenvalue weighted by Gasteiger charge is 2.29. The molecule has 3 aromatic rings. The largest absolute Gasteiger partial charge is 0.489 e. The first-order chi connectivity index (χ1) is 14.4. The van der Waals surface area contributed by atoms with Gasteiger partial charge in [0, 0.05) is 12.1 Å². The lowest BCUT2D eigenvalue weighted by molar-refractivity contribution is 0.0995. The molecule has 0 radical (unpaired) electrons. The predicted octanol–water partition coefficient (Wildman–Crippen LogP) is 2.81. The van der Waals surface area contributed by atoms with Gasteiger partial charge in [-0.1, -0.05) is 12.2 Å². The number of anilines is 1. The Morgan fingerprint density at radius 2 is 2.17 bits per heavy atom. The fourth-order valence-electron chi connectivity index (χ4n) is 3.75. The molecule has 2 amide bonds. The number of aromatic nitrogens is 4. The maximum absolute atomic E-state index is 13.0. The zero-order valence-corrected chi connectivity index (χ0v) is 17.2. The van der Waals surface area contributed by atoms with E-state index < -0.39 is 5.91 Å². The van der Waals surface area contributed by atoms with Crippen molar-refractivity contribution in [3.8, 4) is 5.75 Å². The Bertz CT molecular complexity index is 1170. The highest BCUT2D eigenvalue weighted by molar-refractivity contribution is 6.04. The van der Waals surface area contributed by atoms with Crippen LogP contribution in [0, 0.1) is 6.92 Å². The molecule has 1 aliphatic rings. The molecule has 0 bridgehead atoms. The average molecular weight is 408 g/mol. The zero-order chi connectivity index (χ0) is 21.4. The SMILES string of the molecule is C/C=C/C[C@@H]1COc2cc(C(N)=O)cc3nc(NC(=O)c4cc(C)nn4CC)n1c23. The first-order valence-electron chi connectivity index (χ1n) is 9.88. The Morgan fingerprint density at radius 3 is 2.87 bits per heavy atom. The number of carbonyl (C=O) groups is 2. The summed E-state index contributed by atoms with van der Waals surface area (Å²) in [6.45, 7) is 6.70. The van der Waals surface area contributed by atoms with E-state index in [1.54, 1.807) is 22.9 Å². The minimum absolute atomic E-state index is 0.0498. The van der Waals surface area contributed by atoms with Gasteiger partial charge in [-0.25, -0.2) is 4.98 Å². The van der Waals surface area contributed by atoms with E-state index in [0.717, 1.165) is 11.2 Å². The summed E-state index contributed by atoms with van der Waals surface area (Å²) >= 11 is 0. The first-order valence-corrected chi connectivity index (χ1v) is 9.88. The second-order valence-electron chi connectivity index (χ2n) is 7.22. The molecular weight excluding hydrogens is 384 g/mol. The number of amides is 2. The summed E-state index contributed by atoms with van der Waals surface area (Å²) in [5.41, 5.74) is 8.28. The van der Waals surface area contributed by atoms with Crippen LogP contribution >= 0.6 is 0 Å². The third kappa shape index (κ3) is 3.32. The van der Waals surface area contributed by atoms with Gasteiger partial charge in [-0.2, -0.15) is 5.10 Å². The van der Waals surface area contributed by atoms with Crippen LogP contribution in [0.3, 0.4) is 0 Å². The number of carbonyl (C=O) groups excluding carboxylic acids is 2. The zero-order valence-electron chi connectivity index (χ0n) is 17.2. The van der Waals surface area contributed by atoms with Crippen LogP contribution in [-0.4, -0.2) is 37.8 Å². The van der Waals surface area contributed by atoms with Crippen molar-refractivity contribution in [2.45, 2.75) is 39.8 Å². The summed E-state index contributed by atoms with van der Waals surface area (Å²) in [7, 11) is 0. The van der Waals surface area contributed by atoms with Gasteiger partial charge in [0.2, 0.25) is 11.9 Å². The number of hydrogen-bond donors (Lipinski definition) is 2. The van der Waals surface area contributed by atoms with Crippen LogP contribution in [0.15, 0.2) is 30.4 Å². The molecule has 30 heavy (non-hydrogen) atoms. The molecule has 3 N–H and O–H groups in total. The molecule has 1 atom stereocenters. The number of hydrogen-bond acceptors (Lipinski definition) is 5. The highest BCUT2D eigenvalue weighted by Crippen LogP contribution is 2.38. The Kier molecular flexibility index (Phi) is 5.03.